The molecule has 0 aliphatic carbocycles. The molecule has 1 aromatic rings. The van der Waals surface area contributed by atoms with Crippen molar-refractivity contribution in [3.05, 3.63) is 23.8 Å². The van der Waals surface area contributed by atoms with E-state index in [4.69, 9.17) is 4.74 Å². The van der Waals surface area contributed by atoms with Gasteiger partial charge in [0.15, 0.2) is 0 Å². The number of carbonyl (C=O) groups excluding carboxylic acids is 1. The highest BCUT2D eigenvalue weighted by Crippen LogP contribution is 2.40. The number of hydrogen-bond acceptors (Lipinski definition) is 3. The smallest absolute Gasteiger partial charge is 0.258 e. The van der Waals surface area contributed by atoms with Crippen LogP contribution in [0.3, 0.4) is 0 Å². The molecule has 5 heteroatoms. The molecule has 0 spiro atoms. The third-order valence-corrected chi connectivity index (χ3v) is 5.09. The number of alkyl halides is 1. The Hall–Kier alpha value is -1.23. The Morgan fingerprint density at radius 2 is 2.00 bits per heavy atom. The van der Waals surface area contributed by atoms with Gasteiger partial charge in [-0.2, -0.15) is 0 Å². The quantitative estimate of drug-likeness (QED) is 0.843. The average Bonchev–Trinajstić information content (AvgIpc) is 2.70. The zero-order chi connectivity index (χ0) is 14.3. The number of benzene rings is 1. The summed E-state index contributed by atoms with van der Waals surface area (Å²) in [6, 6.07) is 5.45. The minimum absolute atomic E-state index is 0.00489. The van der Waals surface area contributed by atoms with Gasteiger partial charge in [0.05, 0.1) is 12.7 Å². The molecule has 2 bridgehead atoms. The van der Waals surface area contributed by atoms with Crippen molar-refractivity contribution in [2.45, 2.75) is 42.6 Å². The molecule has 0 radical (unpaired) electrons. The van der Waals surface area contributed by atoms with E-state index >= 15 is 0 Å². The average molecular weight is 340 g/mol. The van der Waals surface area contributed by atoms with E-state index in [0.717, 1.165) is 25.7 Å². The van der Waals surface area contributed by atoms with Gasteiger partial charge in [-0.25, -0.2) is 0 Å². The third kappa shape index (κ3) is 2.28. The molecule has 108 valence electrons. The van der Waals surface area contributed by atoms with Crippen LogP contribution in [0.25, 0.3) is 0 Å². The summed E-state index contributed by atoms with van der Waals surface area (Å²) in [5, 5.41) is 10.0. The van der Waals surface area contributed by atoms with Crippen LogP contribution in [-0.2, 0) is 0 Å². The van der Waals surface area contributed by atoms with Gasteiger partial charge in [0.2, 0.25) is 0 Å². The van der Waals surface area contributed by atoms with Crippen molar-refractivity contribution in [1.29, 1.82) is 0 Å². The molecular weight excluding hydrogens is 322 g/mol. The second-order valence-electron chi connectivity index (χ2n) is 5.55. The van der Waals surface area contributed by atoms with Gasteiger partial charge in [-0.3, -0.25) is 4.79 Å². The molecule has 2 fully saturated rings. The SMILES string of the molecule is COc1ccc(C(=O)N2C3CCC2CC(Br)C3)c(O)c1. The van der Waals surface area contributed by atoms with Gasteiger partial charge < -0.3 is 14.7 Å². The number of aromatic hydroxyl groups is 1. The van der Waals surface area contributed by atoms with E-state index in [0.29, 0.717) is 28.2 Å². The van der Waals surface area contributed by atoms with Crippen LogP contribution >= 0.6 is 15.9 Å². The maximum Gasteiger partial charge on any atom is 0.258 e. The largest absolute Gasteiger partial charge is 0.507 e. The molecule has 2 atom stereocenters. The van der Waals surface area contributed by atoms with E-state index in [-0.39, 0.29) is 11.7 Å². The van der Waals surface area contributed by atoms with Gasteiger partial charge in [-0.1, -0.05) is 15.9 Å². The third-order valence-electron chi connectivity index (χ3n) is 4.35. The highest BCUT2D eigenvalue weighted by molar-refractivity contribution is 9.09. The van der Waals surface area contributed by atoms with E-state index in [1.807, 2.05) is 4.90 Å². The van der Waals surface area contributed by atoms with Gasteiger partial charge in [-0.15, -0.1) is 0 Å². The summed E-state index contributed by atoms with van der Waals surface area (Å²) < 4.78 is 5.05. The maximum absolute atomic E-state index is 12.7. The molecule has 2 aliphatic rings. The predicted molar refractivity (Wildman–Crippen MR) is 79.6 cm³/mol. The zero-order valence-electron chi connectivity index (χ0n) is 11.4. The van der Waals surface area contributed by atoms with Gasteiger partial charge in [0, 0.05) is 23.0 Å². The van der Waals surface area contributed by atoms with Gasteiger partial charge in [-0.05, 0) is 37.8 Å². The molecular formula is C15H18BrNO3. The Labute approximate surface area is 126 Å². The van der Waals surface area contributed by atoms with Crippen molar-refractivity contribution in [3.8, 4) is 11.5 Å². The minimum Gasteiger partial charge on any atom is -0.507 e. The number of hydrogen-bond donors (Lipinski definition) is 1. The van der Waals surface area contributed by atoms with Crippen LogP contribution in [0.15, 0.2) is 18.2 Å². The zero-order valence-corrected chi connectivity index (χ0v) is 13.0. The number of ether oxygens (including phenoxy) is 1. The second kappa shape index (κ2) is 5.28. The van der Waals surface area contributed by atoms with Crippen molar-refractivity contribution < 1.29 is 14.6 Å². The van der Waals surface area contributed by atoms with E-state index in [1.165, 1.54) is 13.2 Å². The number of fused-ring (bicyclic) bond motifs is 2. The molecule has 2 saturated heterocycles. The summed E-state index contributed by atoms with van der Waals surface area (Å²) in [6.45, 7) is 0. The standard InChI is InChI=1S/C15H18BrNO3/c1-20-12-4-5-13(14(18)8-12)15(19)17-10-2-3-11(17)7-9(16)6-10/h4-5,8-11,18H,2-3,6-7H2,1H3. The summed E-state index contributed by atoms with van der Waals surface area (Å²) in [4.78, 5) is 15.2. The highest BCUT2D eigenvalue weighted by Gasteiger charge is 2.43. The molecule has 2 aliphatic heterocycles. The molecule has 1 amide bonds. The Kier molecular flexibility index (Phi) is 3.63. The molecule has 2 heterocycles. The van der Waals surface area contributed by atoms with Crippen LogP contribution in [0.4, 0.5) is 0 Å². The minimum atomic E-state index is -0.0583. The van der Waals surface area contributed by atoms with Crippen LogP contribution in [0.1, 0.15) is 36.0 Å². The fourth-order valence-electron chi connectivity index (χ4n) is 3.40. The molecule has 1 N–H and O–H groups in total. The number of carbonyl (C=O) groups is 1. The second-order valence-corrected chi connectivity index (χ2v) is 6.84. The molecule has 2 unspecified atom stereocenters. The lowest BCUT2D eigenvalue weighted by molar-refractivity contribution is 0.0600. The lowest BCUT2D eigenvalue weighted by Crippen LogP contribution is -2.46. The first-order valence-corrected chi connectivity index (χ1v) is 7.85. The van der Waals surface area contributed by atoms with E-state index in [2.05, 4.69) is 15.9 Å². The maximum atomic E-state index is 12.7. The molecule has 20 heavy (non-hydrogen) atoms. The number of piperidine rings is 1. The lowest BCUT2D eigenvalue weighted by Gasteiger charge is -2.37. The number of rotatable bonds is 2. The monoisotopic (exact) mass is 339 g/mol. The summed E-state index contributed by atoms with van der Waals surface area (Å²) in [7, 11) is 1.54. The first kappa shape index (κ1) is 13.7. The number of methoxy groups -OCH3 is 1. The van der Waals surface area contributed by atoms with Crippen molar-refractivity contribution in [2.24, 2.45) is 0 Å². The molecule has 0 saturated carbocycles. The number of nitrogens with zero attached hydrogens (tertiary/aromatic N) is 1. The summed E-state index contributed by atoms with van der Waals surface area (Å²) in [5.74, 6) is 0.493. The van der Waals surface area contributed by atoms with Crippen LogP contribution in [0.2, 0.25) is 0 Å². The van der Waals surface area contributed by atoms with Crippen LogP contribution in [0.5, 0.6) is 11.5 Å². The number of phenols is 1. The van der Waals surface area contributed by atoms with Crippen LogP contribution in [-0.4, -0.2) is 39.9 Å². The Morgan fingerprint density at radius 1 is 1.35 bits per heavy atom. The number of halogens is 1. The van der Waals surface area contributed by atoms with E-state index in [1.54, 1.807) is 12.1 Å². The fraction of sp³-hybridized carbons (Fsp3) is 0.533. The van der Waals surface area contributed by atoms with Crippen LogP contribution in [0, 0.1) is 0 Å². The topological polar surface area (TPSA) is 49.8 Å². The fourth-order valence-corrected chi connectivity index (χ4v) is 4.26. The normalized spacial score (nSPS) is 28.5. The summed E-state index contributed by atoms with van der Waals surface area (Å²) in [6.07, 6.45) is 4.13. The van der Waals surface area contributed by atoms with Crippen molar-refractivity contribution in [2.75, 3.05) is 7.11 Å². The lowest BCUT2D eigenvalue weighted by atomic mass is 10.0. The van der Waals surface area contributed by atoms with Crippen molar-refractivity contribution >= 4 is 21.8 Å². The Bertz CT molecular complexity index is 520. The first-order chi connectivity index (χ1) is 9.60. The summed E-state index contributed by atoms with van der Waals surface area (Å²) >= 11 is 3.67. The predicted octanol–water partition coefficient (Wildman–Crippen LogP) is 2.93. The molecule has 1 aromatic carbocycles. The Balaban J connectivity index is 1.86. The van der Waals surface area contributed by atoms with Gasteiger partial charge in [0.25, 0.3) is 5.91 Å². The first-order valence-electron chi connectivity index (χ1n) is 6.94. The van der Waals surface area contributed by atoms with E-state index in [9.17, 15) is 9.90 Å². The number of phenolic OH excluding ortho intramolecular Hbond substituents is 1. The molecule has 3 rings (SSSR count). The molecule has 4 nitrogen and oxygen atoms in total. The highest BCUT2D eigenvalue weighted by atomic mass is 79.9. The van der Waals surface area contributed by atoms with Gasteiger partial charge in [0.1, 0.15) is 11.5 Å². The summed E-state index contributed by atoms with van der Waals surface area (Å²) in [5.41, 5.74) is 0.371. The molecule has 0 aromatic heterocycles. The Morgan fingerprint density at radius 3 is 2.55 bits per heavy atom. The van der Waals surface area contributed by atoms with Gasteiger partial charge >= 0.3 is 0 Å². The van der Waals surface area contributed by atoms with Crippen molar-refractivity contribution in [1.82, 2.24) is 4.90 Å². The number of amides is 1. The van der Waals surface area contributed by atoms with Crippen molar-refractivity contribution in [3.63, 3.8) is 0 Å². The van der Waals surface area contributed by atoms with E-state index < -0.39 is 0 Å². The van der Waals surface area contributed by atoms with Crippen LogP contribution < -0.4 is 4.74 Å².